The summed E-state index contributed by atoms with van der Waals surface area (Å²) in [6.45, 7) is 7.21. The summed E-state index contributed by atoms with van der Waals surface area (Å²) in [5.41, 5.74) is 2.43. The van der Waals surface area contributed by atoms with Gasteiger partial charge in [0.2, 0.25) is 0 Å². The lowest BCUT2D eigenvalue weighted by molar-refractivity contribution is 0.0950. The number of carbonyl (C=O) groups excluding carboxylic acids is 1. The summed E-state index contributed by atoms with van der Waals surface area (Å²) in [6, 6.07) is 3.62. The van der Waals surface area contributed by atoms with Crippen LogP contribution < -0.4 is 10.6 Å². The summed E-state index contributed by atoms with van der Waals surface area (Å²) in [5.74, 6) is 0.642. The van der Waals surface area contributed by atoms with Gasteiger partial charge in [0.05, 0.1) is 17.2 Å². The molecule has 0 bridgehead atoms. The predicted octanol–water partition coefficient (Wildman–Crippen LogP) is 2.77. The zero-order chi connectivity index (χ0) is 15.2. The first-order chi connectivity index (χ1) is 10.1. The molecule has 0 saturated carbocycles. The van der Waals surface area contributed by atoms with Crippen LogP contribution in [0.4, 0.5) is 5.82 Å². The maximum Gasteiger partial charge on any atom is 0.251 e. The fourth-order valence-electron chi connectivity index (χ4n) is 1.93. The van der Waals surface area contributed by atoms with Gasteiger partial charge < -0.3 is 10.6 Å². The van der Waals surface area contributed by atoms with Gasteiger partial charge in [0.15, 0.2) is 0 Å². The third kappa shape index (κ3) is 4.26. The van der Waals surface area contributed by atoms with Crippen molar-refractivity contribution in [3.05, 3.63) is 39.5 Å². The van der Waals surface area contributed by atoms with Gasteiger partial charge in [-0.25, -0.2) is 9.97 Å². The van der Waals surface area contributed by atoms with E-state index < -0.39 is 0 Å². The molecule has 21 heavy (non-hydrogen) atoms. The van der Waals surface area contributed by atoms with Crippen LogP contribution in [0, 0.1) is 6.92 Å². The number of carbonyl (C=O) groups is 1. The molecule has 2 rings (SSSR count). The highest BCUT2D eigenvalue weighted by molar-refractivity contribution is 7.09. The molecule has 0 radical (unpaired) electrons. The van der Waals surface area contributed by atoms with Gasteiger partial charge in [0, 0.05) is 23.2 Å². The van der Waals surface area contributed by atoms with Crippen LogP contribution >= 0.6 is 11.3 Å². The van der Waals surface area contributed by atoms with E-state index in [1.54, 1.807) is 17.4 Å². The van der Waals surface area contributed by atoms with E-state index in [0.717, 1.165) is 35.2 Å². The minimum Gasteiger partial charge on any atom is -0.370 e. The Morgan fingerprint density at radius 1 is 1.24 bits per heavy atom. The number of pyridine rings is 1. The van der Waals surface area contributed by atoms with E-state index in [1.807, 2.05) is 32.2 Å². The van der Waals surface area contributed by atoms with Crippen LogP contribution in [0.1, 0.15) is 40.6 Å². The van der Waals surface area contributed by atoms with Crippen molar-refractivity contribution in [2.75, 3.05) is 11.9 Å². The number of hydrogen-bond donors (Lipinski definition) is 2. The molecule has 0 unspecified atom stereocenters. The molecule has 2 heterocycles. The Labute approximate surface area is 128 Å². The van der Waals surface area contributed by atoms with Crippen LogP contribution in [0.3, 0.4) is 0 Å². The normalized spacial score (nSPS) is 10.4. The van der Waals surface area contributed by atoms with Gasteiger partial charge in [0.25, 0.3) is 5.91 Å². The van der Waals surface area contributed by atoms with Gasteiger partial charge in [-0.1, -0.05) is 6.92 Å². The van der Waals surface area contributed by atoms with Gasteiger partial charge in [-0.3, -0.25) is 4.79 Å². The van der Waals surface area contributed by atoms with Crippen molar-refractivity contribution in [3.63, 3.8) is 0 Å². The van der Waals surface area contributed by atoms with E-state index in [0.29, 0.717) is 12.1 Å². The number of hydrogen-bond acceptors (Lipinski definition) is 5. The molecule has 2 N–H and O–H groups in total. The molecule has 0 spiro atoms. The summed E-state index contributed by atoms with van der Waals surface area (Å²) < 4.78 is 0. The van der Waals surface area contributed by atoms with E-state index in [2.05, 4.69) is 20.6 Å². The van der Waals surface area contributed by atoms with E-state index in [1.165, 1.54) is 0 Å². The first-order valence-electron chi connectivity index (χ1n) is 7.06. The lowest BCUT2D eigenvalue weighted by Crippen LogP contribution is -2.23. The van der Waals surface area contributed by atoms with Crippen LogP contribution in [0.15, 0.2) is 17.5 Å². The van der Waals surface area contributed by atoms with Crippen LogP contribution in [-0.2, 0) is 13.0 Å². The van der Waals surface area contributed by atoms with Gasteiger partial charge in [-0.15, -0.1) is 11.3 Å². The van der Waals surface area contributed by atoms with Crippen molar-refractivity contribution in [1.82, 2.24) is 15.3 Å². The summed E-state index contributed by atoms with van der Waals surface area (Å²) in [4.78, 5) is 21.0. The zero-order valence-electron chi connectivity index (χ0n) is 12.6. The Bertz CT molecular complexity index is 624. The van der Waals surface area contributed by atoms with Crippen LogP contribution in [0.25, 0.3) is 0 Å². The molecule has 2 aromatic heterocycles. The summed E-state index contributed by atoms with van der Waals surface area (Å²) in [5, 5.41) is 9.02. The van der Waals surface area contributed by atoms with Crippen LogP contribution in [0.5, 0.6) is 0 Å². The first kappa shape index (κ1) is 15.4. The Hall–Kier alpha value is -1.95. The second-order valence-electron chi connectivity index (χ2n) is 4.66. The minimum absolute atomic E-state index is 0.100. The second kappa shape index (κ2) is 7.17. The Morgan fingerprint density at radius 2 is 2.05 bits per heavy atom. The first-order valence-corrected chi connectivity index (χ1v) is 7.94. The molecule has 6 heteroatoms. The van der Waals surface area contributed by atoms with Crippen LogP contribution in [0.2, 0.25) is 0 Å². The van der Waals surface area contributed by atoms with Crippen molar-refractivity contribution in [1.29, 1.82) is 0 Å². The Balaban J connectivity index is 2.08. The number of nitrogens with one attached hydrogen (secondary N) is 2. The number of aryl methyl sites for hydroxylation is 2. The monoisotopic (exact) mass is 304 g/mol. The summed E-state index contributed by atoms with van der Waals surface area (Å²) in [7, 11) is 0. The standard InChI is InChI=1S/C15H20N4OS/c1-4-12-6-11(7-14(19-12)16-5-2)15(20)17-8-13-9-21-10(3)18-13/h6-7,9H,4-5,8H2,1-3H3,(H,16,19)(H,17,20). The topological polar surface area (TPSA) is 66.9 Å². The van der Waals surface area contributed by atoms with Crippen molar-refractivity contribution < 1.29 is 4.79 Å². The molecule has 0 aromatic carbocycles. The zero-order valence-corrected chi connectivity index (χ0v) is 13.4. The van der Waals surface area contributed by atoms with Gasteiger partial charge in [0.1, 0.15) is 5.82 Å². The average molecular weight is 304 g/mol. The summed E-state index contributed by atoms with van der Waals surface area (Å²) in [6.07, 6.45) is 0.796. The maximum absolute atomic E-state index is 12.3. The maximum atomic E-state index is 12.3. The number of nitrogens with zero attached hydrogens (tertiary/aromatic N) is 2. The third-order valence-corrected chi connectivity index (χ3v) is 3.78. The van der Waals surface area contributed by atoms with Gasteiger partial charge in [-0.05, 0) is 32.4 Å². The Morgan fingerprint density at radius 3 is 2.67 bits per heavy atom. The van der Waals surface area contributed by atoms with Gasteiger partial charge >= 0.3 is 0 Å². The minimum atomic E-state index is -0.100. The SMILES string of the molecule is CCNc1cc(C(=O)NCc2csc(C)n2)cc(CC)n1. The molecule has 2 aromatic rings. The van der Waals surface area contributed by atoms with E-state index in [4.69, 9.17) is 0 Å². The number of anilines is 1. The lowest BCUT2D eigenvalue weighted by Gasteiger charge is -2.09. The van der Waals surface area contributed by atoms with E-state index in [9.17, 15) is 4.79 Å². The molecule has 5 nitrogen and oxygen atoms in total. The Kier molecular flexibility index (Phi) is 5.27. The van der Waals surface area contributed by atoms with Crippen LogP contribution in [-0.4, -0.2) is 22.4 Å². The fourth-order valence-corrected chi connectivity index (χ4v) is 2.55. The molecule has 0 aliphatic heterocycles. The quantitative estimate of drug-likeness (QED) is 0.861. The van der Waals surface area contributed by atoms with Gasteiger partial charge in [-0.2, -0.15) is 0 Å². The smallest absolute Gasteiger partial charge is 0.251 e. The molecule has 0 fully saturated rings. The number of thiazole rings is 1. The third-order valence-electron chi connectivity index (χ3n) is 2.96. The molecule has 0 aliphatic carbocycles. The molecular weight excluding hydrogens is 284 g/mol. The number of aromatic nitrogens is 2. The van der Waals surface area contributed by atoms with Crippen molar-refractivity contribution in [2.24, 2.45) is 0 Å². The molecular formula is C15H20N4OS. The number of rotatable bonds is 6. The van der Waals surface area contributed by atoms with E-state index >= 15 is 0 Å². The number of amides is 1. The van der Waals surface area contributed by atoms with Crippen molar-refractivity contribution in [3.8, 4) is 0 Å². The molecule has 112 valence electrons. The lowest BCUT2D eigenvalue weighted by atomic mass is 10.2. The molecule has 0 aliphatic rings. The molecule has 1 amide bonds. The van der Waals surface area contributed by atoms with Crippen molar-refractivity contribution in [2.45, 2.75) is 33.7 Å². The van der Waals surface area contributed by atoms with Crippen molar-refractivity contribution >= 4 is 23.1 Å². The molecule has 0 saturated heterocycles. The fraction of sp³-hybridized carbons (Fsp3) is 0.400. The highest BCUT2D eigenvalue weighted by atomic mass is 32.1. The van der Waals surface area contributed by atoms with E-state index in [-0.39, 0.29) is 5.91 Å². The highest BCUT2D eigenvalue weighted by Crippen LogP contribution is 2.12. The second-order valence-corrected chi connectivity index (χ2v) is 5.72. The highest BCUT2D eigenvalue weighted by Gasteiger charge is 2.10. The predicted molar refractivity (Wildman–Crippen MR) is 85.8 cm³/mol. The molecule has 0 atom stereocenters. The average Bonchev–Trinajstić information content (AvgIpc) is 2.90. The largest absolute Gasteiger partial charge is 0.370 e. The summed E-state index contributed by atoms with van der Waals surface area (Å²) >= 11 is 1.58.